The van der Waals surface area contributed by atoms with Crippen LogP contribution < -0.4 is 16.9 Å². The van der Waals surface area contributed by atoms with Crippen molar-refractivity contribution in [3.8, 4) is 0 Å². The molecule has 0 aliphatic heterocycles. The van der Waals surface area contributed by atoms with Crippen LogP contribution in [0.1, 0.15) is 22.3 Å². The van der Waals surface area contributed by atoms with Gasteiger partial charge in [-0.05, 0) is 27.7 Å². The summed E-state index contributed by atoms with van der Waals surface area (Å²) in [6.45, 7) is 8.56. The number of quaternary nitrogens is 1. The fourth-order valence-corrected chi connectivity index (χ4v) is 3.97. The van der Waals surface area contributed by atoms with Crippen LogP contribution in [0.15, 0.2) is 97.1 Å². The second-order valence-electron chi connectivity index (χ2n) is 8.01. The molecule has 30 heavy (non-hydrogen) atoms. The Labute approximate surface area is 186 Å². The van der Waals surface area contributed by atoms with Gasteiger partial charge in [-0.3, -0.25) is 0 Å². The fraction of sp³-hybridized carbons (Fsp3) is 0.143. The zero-order valence-electron chi connectivity index (χ0n) is 18.1. The van der Waals surface area contributed by atoms with Crippen molar-refractivity contribution in [3.05, 3.63) is 119 Å². The number of hydrogen-bond donors (Lipinski definition) is 0. The van der Waals surface area contributed by atoms with Crippen LogP contribution in [0.4, 0.5) is 22.7 Å². The molecular formula is C28H28ClN. The van der Waals surface area contributed by atoms with Gasteiger partial charge in [0.25, 0.3) is 0 Å². The van der Waals surface area contributed by atoms with Crippen LogP contribution in [0.2, 0.25) is 0 Å². The molecule has 0 saturated heterocycles. The SMILES string of the molecule is Cc1ccc([N+](c2ccc(C)cc2)(c2ccc(C)cc2)c2ccc(C)cc2)cc1.[Cl-]. The van der Waals surface area contributed by atoms with Crippen LogP contribution in [-0.4, -0.2) is 0 Å². The van der Waals surface area contributed by atoms with Crippen LogP contribution in [0.5, 0.6) is 0 Å². The minimum absolute atomic E-state index is 0. The van der Waals surface area contributed by atoms with Crippen molar-refractivity contribution in [3.63, 3.8) is 0 Å². The molecule has 1 nitrogen and oxygen atoms in total. The summed E-state index contributed by atoms with van der Waals surface area (Å²) in [6.07, 6.45) is 0. The summed E-state index contributed by atoms with van der Waals surface area (Å²) >= 11 is 0. The standard InChI is InChI=1S/C28H28N.ClH/c1-21-5-13-25(14-6-21)29(26-15-7-22(2)8-16-26,27-17-9-23(3)10-18-27)28-19-11-24(4)12-20-28;/h5-20H,1-4H3;1H/q+1;/p-1. The fourth-order valence-electron chi connectivity index (χ4n) is 3.97. The van der Waals surface area contributed by atoms with Crippen molar-refractivity contribution in [2.75, 3.05) is 0 Å². The summed E-state index contributed by atoms with van der Waals surface area (Å²) in [5, 5.41) is 0. The normalized spacial score (nSPS) is 11.1. The highest BCUT2D eigenvalue weighted by Crippen LogP contribution is 2.51. The lowest BCUT2D eigenvalue weighted by Gasteiger charge is -2.37. The van der Waals surface area contributed by atoms with Gasteiger partial charge >= 0.3 is 0 Å². The molecule has 0 amide bonds. The van der Waals surface area contributed by atoms with E-state index in [4.69, 9.17) is 0 Å². The molecule has 2 heteroatoms. The van der Waals surface area contributed by atoms with Gasteiger partial charge in [0.1, 0.15) is 22.7 Å². The van der Waals surface area contributed by atoms with E-state index in [1.54, 1.807) is 0 Å². The summed E-state index contributed by atoms with van der Waals surface area (Å²) in [7, 11) is 0. The smallest absolute Gasteiger partial charge is 0.148 e. The molecule has 0 bridgehead atoms. The molecule has 0 N–H and O–H groups in total. The minimum atomic E-state index is 0. The Morgan fingerprint density at radius 1 is 0.333 bits per heavy atom. The van der Waals surface area contributed by atoms with Gasteiger partial charge in [0, 0.05) is 48.5 Å². The molecule has 0 fully saturated rings. The average molecular weight is 414 g/mol. The molecule has 0 aromatic heterocycles. The quantitative estimate of drug-likeness (QED) is 0.402. The Bertz CT molecular complexity index is 906. The first-order valence-corrected chi connectivity index (χ1v) is 10.2. The molecule has 0 heterocycles. The maximum Gasteiger partial charge on any atom is 0.148 e. The Morgan fingerprint density at radius 2 is 0.500 bits per heavy atom. The number of hydrogen-bond acceptors (Lipinski definition) is 0. The maximum absolute atomic E-state index is 2.26. The van der Waals surface area contributed by atoms with Crippen LogP contribution >= 0.6 is 0 Å². The van der Waals surface area contributed by atoms with E-state index < -0.39 is 0 Å². The second-order valence-corrected chi connectivity index (χ2v) is 8.01. The first-order valence-electron chi connectivity index (χ1n) is 10.2. The van der Waals surface area contributed by atoms with Crippen molar-refractivity contribution in [2.24, 2.45) is 0 Å². The van der Waals surface area contributed by atoms with Crippen LogP contribution in [0.3, 0.4) is 0 Å². The Balaban J connectivity index is 0.00000256. The van der Waals surface area contributed by atoms with E-state index in [0.717, 1.165) is 0 Å². The number of benzene rings is 4. The summed E-state index contributed by atoms with van der Waals surface area (Å²) < 4.78 is 0.557. The van der Waals surface area contributed by atoms with Crippen LogP contribution in [0.25, 0.3) is 0 Å². The molecule has 0 atom stereocenters. The largest absolute Gasteiger partial charge is 1.00 e. The zero-order valence-corrected chi connectivity index (χ0v) is 18.8. The molecule has 4 aromatic carbocycles. The van der Waals surface area contributed by atoms with E-state index in [1.807, 2.05) is 0 Å². The van der Waals surface area contributed by atoms with Gasteiger partial charge in [-0.1, -0.05) is 70.8 Å². The third kappa shape index (κ3) is 3.92. The molecule has 0 saturated carbocycles. The highest BCUT2D eigenvalue weighted by Gasteiger charge is 2.39. The molecule has 0 aliphatic rings. The summed E-state index contributed by atoms with van der Waals surface area (Å²) in [5.74, 6) is 0. The Hall–Kier alpha value is -2.87. The summed E-state index contributed by atoms with van der Waals surface area (Å²) in [4.78, 5) is 0. The van der Waals surface area contributed by atoms with Gasteiger partial charge in [0.05, 0.1) is 0 Å². The predicted octanol–water partition coefficient (Wildman–Crippen LogP) is 5.23. The molecule has 4 rings (SSSR count). The molecule has 152 valence electrons. The summed E-state index contributed by atoms with van der Waals surface area (Å²) in [5.41, 5.74) is 9.98. The van der Waals surface area contributed by atoms with E-state index in [1.165, 1.54) is 45.0 Å². The topological polar surface area (TPSA) is 0 Å². The Morgan fingerprint density at radius 3 is 0.667 bits per heavy atom. The van der Waals surface area contributed by atoms with Crippen LogP contribution in [0, 0.1) is 27.7 Å². The number of aryl methyl sites for hydroxylation is 4. The monoisotopic (exact) mass is 413 g/mol. The third-order valence-electron chi connectivity index (χ3n) is 5.69. The van der Waals surface area contributed by atoms with Gasteiger partial charge in [-0.15, -0.1) is 0 Å². The van der Waals surface area contributed by atoms with Gasteiger partial charge in [0.2, 0.25) is 0 Å². The van der Waals surface area contributed by atoms with Crippen molar-refractivity contribution in [2.45, 2.75) is 27.7 Å². The lowest BCUT2D eigenvalue weighted by Crippen LogP contribution is -3.00. The van der Waals surface area contributed by atoms with E-state index in [0.29, 0.717) is 4.48 Å². The molecule has 0 radical (unpaired) electrons. The van der Waals surface area contributed by atoms with Crippen molar-refractivity contribution in [1.29, 1.82) is 0 Å². The Kier molecular flexibility index (Phi) is 6.45. The summed E-state index contributed by atoms with van der Waals surface area (Å²) in [6, 6.07) is 35.7. The second kappa shape index (κ2) is 8.87. The average Bonchev–Trinajstić information content (AvgIpc) is 2.73. The first-order chi connectivity index (χ1) is 14.0. The highest BCUT2D eigenvalue weighted by atomic mass is 35.5. The minimum Gasteiger partial charge on any atom is -1.00 e. The molecule has 0 aliphatic carbocycles. The predicted molar refractivity (Wildman–Crippen MR) is 125 cm³/mol. The third-order valence-corrected chi connectivity index (χ3v) is 5.69. The highest BCUT2D eigenvalue weighted by molar-refractivity contribution is 5.81. The molecule has 4 aromatic rings. The lowest BCUT2D eigenvalue weighted by atomic mass is 10.0. The van der Waals surface area contributed by atoms with E-state index >= 15 is 0 Å². The molecule has 0 unspecified atom stereocenters. The van der Waals surface area contributed by atoms with Crippen LogP contribution in [-0.2, 0) is 0 Å². The van der Waals surface area contributed by atoms with Crippen molar-refractivity contribution < 1.29 is 12.4 Å². The van der Waals surface area contributed by atoms with E-state index in [9.17, 15) is 0 Å². The number of halogens is 1. The first kappa shape index (κ1) is 21.8. The van der Waals surface area contributed by atoms with Gasteiger partial charge in [0.15, 0.2) is 0 Å². The van der Waals surface area contributed by atoms with Gasteiger partial charge in [-0.2, -0.15) is 4.48 Å². The number of rotatable bonds is 4. The number of nitrogens with zero attached hydrogens (tertiary/aromatic N) is 1. The molecular weight excluding hydrogens is 386 g/mol. The van der Waals surface area contributed by atoms with Crippen molar-refractivity contribution >= 4 is 22.7 Å². The van der Waals surface area contributed by atoms with Gasteiger partial charge in [-0.25, -0.2) is 0 Å². The van der Waals surface area contributed by atoms with E-state index in [2.05, 4.69) is 125 Å². The molecule has 0 spiro atoms. The van der Waals surface area contributed by atoms with Gasteiger partial charge < -0.3 is 12.4 Å². The lowest BCUT2D eigenvalue weighted by molar-refractivity contribution is -0.00000600. The van der Waals surface area contributed by atoms with Crippen molar-refractivity contribution in [1.82, 2.24) is 4.48 Å². The van der Waals surface area contributed by atoms with E-state index in [-0.39, 0.29) is 12.4 Å². The maximum atomic E-state index is 2.26. The zero-order chi connectivity index (χ0) is 20.4.